The van der Waals surface area contributed by atoms with E-state index in [0.29, 0.717) is 11.2 Å². The molecule has 4 heteroatoms. The van der Waals surface area contributed by atoms with E-state index < -0.39 is 0 Å². The Labute approximate surface area is 103 Å². The molecule has 2 aliphatic rings. The third-order valence-corrected chi connectivity index (χ3v) is 4.82. The van der Waals surface area contributed by atoms with Gasteiger partial charge in [0.05, 0.1) is 0 Å². The lowest BCUT2D eigenvalue weighted by molar-refractivity contribution is 0.300. The van der Waals surface area contributed by atoms with Crippen molar-refractivity contribution in [3.8, 4) is 0 Å². The van der Waals surface area contributed by atoms with Gasteiger partial charge in [-0.25, -0.2) is 4.63 Å². The summed E-state index contributed by atoms with van der Waals surface area (Å²) in [4.78, 5) is 1.39. The molecule has 4 rings (SSSR count). The van der Waals surface area contributed by atoms with Crippen LogP contribution in [0.4, 0.5) is 0 Å². The predicted octanol–water partition coefficient (Wildman–Crippen LogP) is 2.90. The van der Waals surface area contributed by atoms with Crippen LogP contribution in [0.3, 0.4) is 0 Å². The van der Waals surface area contributed by atoms with Crippen molar-refractivity contribution < 1.29 is 4.63 Å². The summed E-state index contributed by atoms with van der Waals surface area (Å²) in [5.74, 6) is 0.404. The third kappa shape index (κ3) is 1.37. The molecule has 1 aliphatic carbocycles. The van der Waals surface area contributed by atoms with Gasteiger partial charge >= 0.3 is 0 Å². The normalized spacial score (nSPS) is 24.9. The van der Waals surface area contributed by atoms with Crippen LogP contribution in [0.15, 0.2) is 39.9 Å². The Morgan fingerprint density at radius 3 is 3.18 bits per heavy atom. The van der Waals surface area contributed by atoms with Crippen LogP contribution in [-0.4, -0.2) is 15.6 Å². The second-order valence-electron chi connectivity index (χ2n) is 4.39. The first-order chi connectivity index (χ1) is 8.42. The summed E-state index contributed by atoms with van der Waals surface area (Å²) in [6.45, 7) is 0. The van der Waals surface area contributed by atoms with Gasteiger partial charge in [0.1, 0.15) is 11.4 Å². The summed E-state index contributed by atoms with van der Waals surface area (Å²) in [6.07, 6.45) is 5.27. The lowest BCUT2D eigenvalue weighted by Gasteiger charge is -2.31. The fraction of sp³-hybridized carbons (Fsp3) is 0.231. The number of aromatic nitrogens is 2. The van der Waals surface area contributed by atoms with Crippen LogP contribution in [0, 0.1) is 0 Å². The van der Waals surface area contributed by atoms with Gasteiger partial charge in [0.2, 0.25) is 0 Å². The Morgan fingerprint density at radius 1 is 1.24 bits per heavy atom. The molecule has 2 unspecified atom stereocenters. The molecule has 1 aromatic heterocycles. The molecule has 3 nitrogen and oxygen atoms in total. The molecule has 17 heavy (non-hydrogen) atoms. The summed E-state index contributed by atoms with van der Waals surface area (Å²) >= 11 is 1.91. The Bertz CT molecular complexity index is 605. The minimum absolute atomic E-state index is 0.404. The van der Waals surface area contributed by atoms with E-state index in [-0.39, 0.29) is 0 Å². The number of nitrogens with zero attached hydrogens (tertiary/aromatic N) is 2. The highest BCUT2D eigenvalue weighted by Crippen LogP contribution is 2.45. The van der Waals surface area contributed by atoms with Crippen molar-refractivity contribution in [1.82, 2.24) is 10.3 Å². The van der Waals surface area contributed by atoms with Crippen molar-refractivity contribution in [2.24, 2.45) is 0 Å². The quantitative estimate of drug-likeness (QED) is 0.712. The highest BCUT2D eigenvalue weighted by atomic mass is 32.2. The van der Waals surface area contributed by atoms with E-state index in [0.717, 1.165) is 17.8 Å². The topological polar surface area (TPSA) is 38.9 Å². The van der Waals surface area contributed by atoms with E-state index in [1.165, 1.54) is 10.5 Å². The smallest absolute Gasteiger partial charge is 0.131 e. The average molecular weight is 242 g/mol. The van der Waals surface area contributed by atoms with Crippen molar-refractivity contribution in [1.29, 1.82) is 0 Å². The predicted molar refractivity (Wildman–Crippen MR) is 65.9 cm³/mol. The molecule has 0 bridgehead atoms. The van der Waals surface area contributed by atoms with Crippen LogP contribution in [0.1, 0.15) is 22.9 Å². The maximum absolute atomic E-state index is 4.84. The molecular weight excluding hydrogens is 232 g/mol. The van der Waals surface area contributed by atoms with Crippen LogP contribution >= 0.6 is 11.8 Å². The van der Waals surface area contributed by atoms with Gasteiger partial charge in [0.25, 0.3) is 0 Å². The molecule has 2 aromatic rings. The van der Waals surface area contributed by atoms with E-state index in [2.05, 4.69) is 40.7 Å². The molecule has 0 amide bonds. The van der Waals surface area contributed by atoms with Crippen LogP contribution < -0.4 is 0 Å². The monoisotopic (exact) mass is 242 g/mol. The van der Waals surface area contributed by atoms with Gasteiger partial charge in [0, 0.05) is 16.1 Å². The number of hydrogen-bond acceptors (Lipinski definition) is 4. The van der Waals surface area contributed by atoms with Crippen molar-refractivity contribution >= 4 is 17.8 Å². The molecular formula is C13H10N2OS. The molecule has 0 spiro atoms. The molecule has 0 saturated heterocycles. The summed E-state index contributed by atoms with van der Waals surface area (Å²) < 4.78 is 4.84. The van der Waals surface area contributed by atoms with Crippen LogP contribution in [-0.2, 0) is 6.42 Å². The van der Waals surface area contributed by atoms with Gasteiger partial charge in [-0.3, -0.25) is 0 Å². The van der Waals surface area contributed by atoms with E-state index in [9.17, 15) is 0 Å². The number of thioether (sulfide) groups is 1. The van der Waals surface area contributed by atoms with Crippen molar-refractivity contribution in [3.05, 3.63) is 47.3 Å². The molecule has 1 aromatic carbocycles. The standard InChI is InChI=1S/C13H10N2OS/c1-2-4-11-8(3-1)7-9-12(17-11)6-5-10-13(9)15-16-14-10/h1-6,9,12H,7H2. The Balaban J connectivity index is 1.82. The molecule has 0 fully saturated rings. The summed E-state index contributed by atoms with van der Waals surface area (Å²) in [6, 6.07) is 8.59. The zero-order valence-electron chi connectivity index (χ0n) is 9.04. The van der Waals surface area contributed by atoms with Crippen LogP contribution in [0.5, 0.6) is 0 Å². The van der Waals surface area contributed by atoms with E-state index >= 15 is 0 Å². The highest BCUT2D eigenvalue weighted by molar-refractivity contribution is 8.00. The van der Waals surface area contributed by atoms with Crippen molar-refractivity contribution in [2.45, 2.75) is 22.5 Å². The first kappa shape index (κ1) is 9.48. The van der Waals surface area contributed by atoms with Gasteiger partial charge in [-0.05, 0) is 24.1 Å². The first-order valence-corrected chi connectivity index (χ1v) is 6.55. The van der Waals surface area contributed by atoms with Crippen molar-refractivity contribution in [3.63, 3.8) is 0 Å². The summed E-state index contributed by atoms with van der Waals surface area (Å²) in [7, 11) is 0. The molecule has 84 valence electrons. The molecule has 0 radical (unpaired) electrons. The lowest BCUT2D eigenvalue weighted by Crippen LogP contribution is -2.23. The number of hydrogen-bond donors (Lipinski definition) is 0. The summed E-state index contributed by atoms with van der Waals surface area (Å²) in [5, 5.41) is 8.45. The fourth-order valence-electron chi connectivity index (χ4n) is 2.56. The SMILES string of the molecule is C1=CC2Sc3ccccc3CC2c2nonc21. The van der Waals surface area contributed by atoms with E-state index in [1.54, 1.807) is 0 Å². The zero-order chi connectivity index (χ0) is 11.2. The molecule has 0 N–H and O–H groups in total. The van der Waals surface area contributed by atoms with Crippen molar-refractivity contribution in [2.75, 3.05) is 0 Å². The fourth-order valence-corrected chi connectivity index (χ4v) is 3.86. The van der Waals surface area contributed by atoms with Gasteiger partial charge in [0.15, 0.2) is 0 Å². The Kier molecular flexibility index (Phi) is 1.93. The highest BCUT2D eigenvalue weighted by Gasteiger charge is 2.34. The average Bonchev–Trinajstić information content (AvgIpc) is 2.85. The van der Waals surface area contributed by atoms with Gasteiger partial charge in [-0.2, -0.15) is 0 Å². The van der Waals surface area contributed by atoms with Gasteiger partial charge in [-0.1, -0.05) is 34.6 Å². The molecule has 2 heterocycles. The van der Waals surface area contributed by atoms with Crippen LogP contribution in [0.2, 0.25) is 0 Å². The van der Waals surface area contributed by atoms with E-state index in [4.69, 9.17) is 4.63 Å². The second-order valence-corrected chi connectivity index (χ2v) is 5.61. The third-order valence-electron chi connectivity index (χ3n) is 3.41. The Hall–Kier alpha value is -1.55. The largest absolute Gasteiger partial charge is 0.244 e. The minimum atomic E-state index is 0.404. The first-order valence-electron chi connectivity index (χ1n) is 5.67. The molecule has 1 aliphatic heterocycles. The minimum Gasteiger partial charge on any atom is -0.244 e. The number of rotatable bonds is 0. The molecule has 0 saturated carbocycles. The lowest BCUT2D eigenvalue weighted by atomic mass is 9.88. The maximum Gasteiger partial charge on any atom is 0.131 e. The summed E-state index contributed by atoms with van der Waals surface area (Å²) in [5.41, 5.74) is 3.31. The number of benzene rings is 1. The number of fused-ring (bicyclic) bond motifs is 4. The zero-order valence-corrected chi connectivity index (χ0v) is 9.85. The van der Waals surface area contributed by atoms with Gasteiger partial charge in [-0.15, -0.1) is 11.8 Å². The van der Waals surface area contributed by atoms with Crippen LogP contribution in [0.25, 0.3) is 6.08 Å². The maximum atomic E-state index is 4.84. The molecule has 2 atom stereocenters. The Morgan fingerprint density at radius 2 is 2.18 bits per heavy atom. The van der Waals surface area contributed by atoms with E-state index in [1.807, 2.05) is 17.8 Å². The van der Waals surface area contributed by atoms with Gasteiger partial charge < -0.3 is 0 Å². The second kappa shape index (κ2) is 3.47.